The van der Waals surface area contributed by atoms with E-state index >= 15 is 0 Å². The van der Waals surface area contributed by atoms with Crippen LogP contribution in [0.15, 0.2) is 53.7 Å². The Morgan fingerprint density at radius 2 is 2.15 bits per heavy atom. The van der Waals surface area contributed by atoms with Gasteiger partial charge in [0.05, 0.1) is 19.6 Å². The second-order valence-electron chi connectivity index (χ2n) is 8.76. The van der Waals surface area contributed by atoms with Crippen LogP contribution < -0.4 is 4.74 Å². The van der Waals surface area contributed by atoms with Crippen molar-refractivity contribution in [3.8, 4) is 5.75 Å². The number of hydrogen-bond donors (Lipinski definition) is 1. The number of benzene rings is 1. The quantitative estimate of drug-likeness (QED) is 0.644. The molecule has 9 heteroatoms. The Hall–Kier alpha value is -2.75. The van der Waals surface area contributed by atoms with E-state index in [-0.39, 0.29) is 48.6 Å². The molecule has 8 nitrogen and oxygen atoms in total. The fraction of sp³-hybridized carbons (Fsp3) is 0.440. The molecule has 2 aromatic rings. The predicted molar refractivity (Wildman–Crippen MR) is 131 cm³/mol. The van der Waals surface area contributed by atoms with Gasteiger partial charge < -0.3 is 14.7 Å². The van der Waals surface area contributed by atoms with Crippen LogP contribution in [0.1, 0.15) is 31.9 Å². The molecule has 1 amide bonds. The maximum atomic E-state index is 13.5. The van der Waals surface area contributed by atoms with Crippen molar-refractivity contribution >= 4 is 22.0 Å². The molecule has 184 valence electrons. The summed E-state index contributed by atoms with van der Waals surface area (Å²) in [4.78, 5) is 18.6. The summed E-state index contributed by atoms with van der Waals surface area (Å²) in [6.45, 7) is 5.61. The molecule has 3 atom stereocenters. The van der Waals surface area contributed by atoms with Crippen LogP contribution in [0.25, 0.3) is 6.08 Å². The SMILES string of the molecule is C/C=C/c1ccc2c(c1)O[C@H](CN(C)C(=O)Cc1cccnc1)[C@H](C)CN([C@H](C)CO)S2(=O)=O. The lowest BCUT2D eigenvalue weighted by Gasteiger charge is -2.37. The first-order chi connectivity index (χ1) is 16.2. The van der Waals surface area contributed by atoms with Crippen LogP contribution in [-0.2, 0) is 21.2 Å². The fourth-order valence-electron chi connectivity index (χ4n) is 3.94. The van der Waals surface area contributed by atoms with Gasteiger partial charge in [-0.1, -0.05) is 31.2 Å². The van der Waals surface area contributed by atoms with Gasteiger partial charge in [0, 0.05) is 37.9 Å². The molecule has 0 unspecified atom stereocenters. The average molecular weight is 488 g/mol. The minimum absolute atomic E-state index is 0.0577. The number of aliphatic hydroxyl groups is 1. The molecule has 0 saturated heterocycles. The molecule has 0 bridgehead atoms. The maximum absolute atomic E-state index is 13.5. The van der Waals surface area contributed by atoms with Crippen molar-refractivity contribution in [1.29, 1.82) is 0 Å². The highest BCUT2D eigenvalue weighted by atomic mass is 32.2. The number of fused-ring (bicyclic) bond motifs is 1. The summed E-state index contributed by atoms with van der Waals surface area (Å²) in [5.74, 6) is -0.0757. The largest absolute Gasteiger partial charge is 0.487 e. The number of hydrogen-bond acceptors (Lipinski definition) is 6. The molecule has 3 rings (SSSR count). The van der Waals surface area contributed by atoms with Crippen LogP contribution in [0.5, 0.6) is 5.75 Å². The number of likely N-dealkylation sites (N-methyl/N-ethyl adjacent to an activating group) is 1. The van der Waals surface area contributed by atoms with E-state index in [9.17, 15) is 18.3 Å². The predicted octanol–water partition coefficient (Wildman–Crippen LogP) is 2.58. The van der Waals surface area contributed by atoms with Crippen LogP contribution in [0.2, 0.25) is 0 Å². The van der Waals surface area contributed by atoms with Gasteiger partial charge in [0.25, 0.3) is 0 Å². The highest BCUT2D eigenvalue weighted by molar-refractivity contribution is 7.89. The summed E-state index contributed by atoms with van der Waals surface area (Å²) in [6.07, 6.45) is 6.82. The van der Waals surface area contributed by atoms with E-state index in [0.29, 0.717) is 0 Å². The third-order valence-electron chi connectivity index (χ3n) is 6.01. The van der Waals surface area contributed by atoms with Gasteiger partial charge >= 0.3 is 0 Å². The number of pyridine rings is 1. The van der Waals surface area contributed by atoms with Crippen molar-refractivity contribution in [2.75, 3.05) is 26.7 Å². The monoisotopic (exact) mass is 487 g/mol. The molecule has 1 aliphatic rings. The summed E-state index contributed by atoms with van der Waals surface area (Å²) in [6, 6.07) is 8.02. The average Bonchev–Trinajstić information content (AvgIpc) is 2.81. The van der Waals surface area contributed by atoms with Gasteiger partial charge in [-0.3, -0.25) is 9.78 Å². The van der Waals surface area contributed by atoms with Crippen LogP contribution in [0, 0.1) is 5.92 Å². The number of aromatic nitrogens is 1. The minimum atomic E-state index is -3.89. The lowest BCUT2D eigenvalue weighted by atomic mass is 10.0. The van der Waals surface area contributed by atoms with Crippen molar-refractivity contribution in [2.45, 2.75) is 44.2 Å². The number of nitrogens with zero attached hydrogens (tertiary/aromatic N) is 3. The molecule has 34 heavy (non-hydrogen) atoms. The number of amides is 1. The number of rotatable bonds is 7. The maximum Gasteiger partial charge on any atom is 0.247 e. The fourth-order valence-corrected chi connectivity index (χ4v) is 5.77. The van der Waals surface area contributed by atoms with Crippen molar-refractivity contribution < 1.29 is 23.1 Å². The molecule has 0 fully saturated rings. The Morgan fingerprint density at radius 1 is 1.38 bits per heavy atom. The number of allylic oxidation sites excluding steroid dienone is 1. The van der Waals surface area contributed by atoms with Crippen molar-refractivity contribution in [2.24, 2.45) is 5.92 Å². The molecule has 0 aliphatic carbocycles. The van der Waals surface area contributed by atoms with Gasteiger partial charge in [-0.25, -0.2) is 8.42 Å². The molecule has 1 N–H and O–H groups in total. The summed E-state index contributed by atoms with van der Waals surface area (Å²) in [7, 11) is -2.17. The highest BCUT2D eigenvalue weighted by Gasteiger charge is 2.38. The third-order valence-corrected chi connectivity index (χ3v) is 8.03. The smallest absolute Gasteiger partial charge is 0.247 e. The Balaban J connectivity index is 1.94. The molecule has 1 aromatic heterocycles. The molecule has 0 saturated carbocycles. The van der Waals surface area contributed by atoms with Gasteiger partial charge in [0.2, 0.25) is 15.9 Å². The van der Waals surface area contributed by atoms with Crippen LogP contribution in [0.4, 0.5) is 0 Å². The summed E-state index contributed by atoms with van der Waals surface area (Å²) >= 11 is 0. The molecule has 0 radical (unpaired) electrons. The van der Waals surface area contributed by atoms with E-state index in [1.54, 1.807) is 55.5 Å². The Kier molecular flexibility index (Phi) is 8.46. The van der Waals surface area contributed by atoms with Gasteiger partial charge in [-0.15, -0.1) is 0 Å². The first-order valence-corrected chi connectivity index (χ1v) is 12.8. The van der Waals surface area contributed by atoms with E-state index in [4.69, 9.17) is 4.74 Å². The summed E-state index contributed by atoms with van der Waals surface area (Å²) < 4.78 is 34.6. The van der Waals surface area contributed by atoms with Crippen molar-refractivity contribution in [3.63, 3.8) is 0 Å². The van der Waals surface area contributed by atoms with Gasteiger partial charge in [0.1, 0.15) is 16.7 Å². The number of carbonyl (C=O) groups is 1. The lowest BCUT2D eigenvalue weighted by molar-refractivity contribution is -0.130. The van der Waals surface area contributed by atoms with Crippen LogP contribution >= 0.6 is 0 Å². The van der Waals surface area contributed by atoms with E-state index in [0.717, 1.165) is 11.1 Å². The van der Waals surface area contributed by atoms with Gasteiger partial charge in [-0.05, 0) is 43.2 Å². The first kappa shape index (κ1) is 25.9. The standard InChI is InChI=1S/C25H33N3O5S/c1-5-7-20-9-10-24-22(12-20)33-23(18(2)15-28(19(3)17-29)34(24,31)32)16-27(4)25(30)13-21-8-6-11-26-14-21/h5-12,14,18-19,23,29H,13,15-17H2,1-4H3/b7-5+/t18-,19-,23-/m1/s1. The normalized spacial score (nSPS) is 21.2. The molecular formula is C25H33N3O5S. The zero-order valence-electron chi connectivity index (χ0n) is 20.1. The number of sulfonamides is 1. The minimum Gasteiger partial charge on any atom is -0.487 e. The Bertz CT molecular complexity index is 1120. The topological polar surface area (TPSA) is 100 Å². The number of ether oxygens (including phenoxy) is 1. The van der Waals surface area contributed by atoms with Crippen LogP contribution in [0.3, 0.4) is 0 Å². The lowest BCUT2D eigenvalue weighted by Crippen LogP contribution is -2.50. The van der Waals surface area contributed by atoms with Crippen molar-refractivity contribution in [3.05, 3.63) is 59.9 Å². The molecule has 0 spiro atoms. The second kappa shape index (κ2) is 11.1. The van der Waals surface area contributed by atoms with E-state index in [1.165, 1.54) is 4.31 Å². The summed E-state index contributed by atoms with van der Waals surface area (Å²) in [5.41, 5.74) is 1.63. The zero-order chi connectivity index (χ0) is 24.9. The van der Waals surface area contributed by atoms with Crippen LogP contribution in [-0.4, -0.2) is 72.5 Å². The van der Waals surface area contributed by atoms with Gasteiger partial charge in [-0.2, -0.15) is 4.31 Å². The Labute approximate surface area is 201 Å². The summed E-state index contributed by atoms with van der Waals surface area (Å²) in [5, 5.41) is 9.75. The highest BCUT2D eigenvalue weighted by Crippen LogP contribution is 2.34. The molecule has 2 heterocycles. The zero-order valence-corrected chi connectivity index (χ0v) is 20.9. The van der Waals surface area contributed by atoms with E-state index in [2.05, 4.69) is 4.98 Å². The van der Waals surface area contributed by atoms with Gasteiger partial charge in [0.15, 0.2) is 0 Å². The Morgan fingerprint density at radius 3 is 2.79 bits per heavy atom. The molecule has 1 aromatic carbocycles. The van der Waals surface area contributed by atoms with Crippen molar-refractivity contribution in [1.82, 2.24) is 14.2 Å². The first-order valence-electron chi connectivity index (χ1n) is 11.4. The number of carbonyl (C=O) groups excluding carboxylic acids is 1. The molecule has 1 aliphatic heterocycles. The molecular weight excluding hydrogens is 454 g/mol. The third kappa shape index (κ3) is 5.84. The van der Waals surface area contributed by atoms with E-state index in [1.807, 2.05) is 32.1 Å². The van der Waals surface area contributed by atoms with E-state index < -0.39 is 22.2 Å². The second-order valence-corrected chi connectivity index (χ2v) is 10.6. The number of aliphatic hydroxyl groups excluding tert-OH is 1.